The van der Waals surface area contributed by atoms with Crippen LogP contribution in [-0.2, 0) is 19.1 Å². The Morgan fingerprint density at radius 2 is 1.89 bits per heavy atom. The Bertz CT molecular complexity index is 444. The van der Waals surface area contributed by atoms with Gasteiger partial charge in [0.2, 0.25) is 5.91 Å². The van der Waals surface area contributed by atoms with Crippen molar-refractivity contribution in [2.24, 2.45) is 11.8 Å². The molecule has 2 fully saturated rings. The number of rotatable bonds is 1. The maximum absolute atomic E-state index is 12.0. The van der Waals surface area contributed by atoms with Crippen LogP contribution in [0.5, 0.6) is 0 Å². The van der Waals surface area contributed by atoms with Gasteiger partial charge in [-0.05, 0) is 20.8 Å². The lowest BCUT2D eigenvalue weighted by Gasteiger charge is -2.25. The molecule has 2 rings (SSSR count). The minimum Gasteiger partial charge on any atom is -0.469 e. The lowest BCUT2D eigenvalue weighted by atomic mass is 10.2. The van der Waals surface area contributed by atoms with Gasteiger partial charge in [0.25, 0.3) is 0 Å². The molecule has 0 aromatic carbocycles. The average Bonchev–Trinajstić information content (AvgIpc) is 2.93. The maximum atomic E-state index is 12.0. The molecule has 106 valence electrons. The van der Waals surface area contributed by atoms with Crippen LogP contribution in [0.15, 0.2) is 0 Å². The average molecular weight is 334 g/mol. The van der Waals surface area contributed by atoms with Gasteiger partial charge in [-0.2, -0.15) is 0 Å². The molecule has 0 radical (unpaired) electrons. The molecule has 4 atom stereocenters. The van der Waals surface area contributed by atoms with E-state index in [2.05, 4.69) is 20.7 Å². The van der Waals surface area contributed by atoms with Crippen LogP contribution >= 0.6 is 15.9 Å². The summed E-state index contributed by atoms with van der Waals surface area (Å²) < 4.78 is 9.87. The van der Waals surface area contributed by atoms with Crippen LogP contribution in [0.3, 0.4) is 0 Å². The molecule has 19 heavy (non-hydrogen) atoms. The highest BCUT2D eigenvalue weighted by atomic mass is 79.9. The summed E-state index contributed by atoms with van der Waals surface area (Å²) in [7, 11) is 1.29. The van der Waals surface area contributed by atoms with Gasteiger partial charge in [-0.15, -0.1) is 0 Å². The topological polar surface area (TPSA) is 72.9 Å². The van der Waals surface area contributed by atoms with Crippen LogP contribution in [0.25, 0.3) is 0 Å². The summed E-state index contributed by atoms with van der Waals surface area (Å²) in [6.45, 7) is 5.16. The van der Waals surface area contributed by atoms with Crippen molar-refractivity contribution in [2.75, 3.05) is 7.11 Å². The van der Waals surface area contributed by atoms with E-state index in [9.17, 15) is 14.4 Å². The van der Waals surface area contributed by atoms with Gasteiger partial charge in [0.1, 0.15) is 5.60 Å². The number of hydrogen-bond acceptors (Lipinski definition) is 5. The number of halogens is 1. The molecule has 6 nitrogen and oxygen atoms in total. The van der Waals surface area contributed by atoms with E-state index in [1.807, 2.05) is 0 Å². The predicted molar refractivity (Wildman–Crippen MR) is 68.6 cm³/mol. The number of fused-ring (bicyclic) bond motifs is 1. The van der Waals surface area contributed by atoms with Crippen LogP contribution in [-0.4, -0.2) is 46.4 Å². The van der Waals surface area contributed by atoms with Crippen LogP contribution in [0.2, 0.25) is 0 Å². The van der Waals surface area contributed by atoms with E-state index in [1.165, 1.54) is 7.11 Å². The smallest absolute Gasteiger partial charge is 0.417 e. The van der Waals surface area contributed by atoms with E-state index in [1.54, 1.807) is 20.8 Å². The summed E-state index contributed by atoms with van der Waals surface area (Å²) in [5.74, 6) is -1.42. The van der Waals surface area contributed by atoms with E-state index in [0.29, 0.717) is 0 Å². The number of ether oxygens (including phenoxy) is 2. The van der Waals surface area contributed by atoms with Gasteiger partial charge >= 0.3 is 12.1 Å². The van der Waals surface area contributed by atoms with Crippen LogP contribution in [0.4, 0.5) is 4.79 Å². The summed E-state index contributed by atoms with van der Waals surface area (Å²) in [4.78, 5) is 36.0. The fourth-order valence-electron chi connectivity index (χ4n) is 2.41. The molecule has 0 N–H and O–H groups in total. The molecule has 1 aliphatic heterocycles. The van der Waals surface area contributed by atoms with Gasteiger partial charge in [0.05, 0.1) is 23.9 Å². The van der Waals surface area contributed by atoms with Crippen molar-refractivity contribution < 1.29 is 23.9 Å². The predicted octanol–water partition coefficient (Wildman–Crippen LogP) is 1.31. The number of hydrogen-bond donors (Lipinski definition) is 0. The van der Waals surface area contributed by atoms with E-state index in [0.717, 1.165) is 4.90 Å². The molecule has 2 amide bonds. The molecule has 1 saturated heterocycles. The summed E-state index contributed by atoms with van der Waals surface area (Å²) in [5, 5.41) is 0. The van der Waals surface area contributed by atoms with Gasteiger partial charge in [0.15, 0.2) is 0 Å². The van der Waals surface area contributed by atoms with Crippen LogP contribution < -0.4 is 0 Å². The van der Waals surface area contributed by atoms with Crippen molar-refractivity contribution in [3.63, 3.8) is 0 Å². The van der Waals surface area contributed by atoms with E-state index < -0.39 is 34.5 Å². The minimum atomic E-state index is -0.708. The second-order valence-electron chi connectivity index (χ2n) is 5.71. The Morgan fingerprint density at radius 1 is 1.32 bits per heavy atom. The fraction of sp³-hybridized carbons (Fsp3) is 0.750. The van der Waals surface area contributed by atoms with E-state index in [4.69, 9.17) is 4.74 Å². The van der Waals surface area contributed by atoms with Crippen LogP contribution in [0, 0.1) is 11.8 Å². The third-order valence-electron chi connectivity index (χ3n) is 3.21. The Kier molecular flexibility index (Phi) is 3.36. The molecule has 7 heteroatoms. The Labute approximate surface area is 119 Å². The van der Waals surface area contributed by atoms with Crippen molar-refractivity contribution in [3.8, 4) is 0 Å². The van der Waals surface area contributed by atoms with Gasteiger partial charge in [-0.25, -0.2) is 9.69 Å². The highest BCUT2D eigenvalue weighted by molar-refractivity contribution is 9.10. The van der Waals surface area contributed by atoms with Crippen molar-refractivity contribution in [1.29, 1.82) is 0 Å². The monoisotopic (exact) mass is 333 g/mol. The molecule has 1 saturated carbocycles. The summed E-state index contributed by atoms with van der Waals surface area (Å²) in [5.41, 5.74) is -0.688. The molecule has 0 bridgehead atoms. The van der Waals surface area contributed by atoms with Gasteiger partial charge in [0, 0.05) is 5.92 Å². The molecule has 0 unspecified atom stereocenters. The Balaban J connectivity index is 2.15. The summed E-state index contributed by atoms with van der Waals surface area (Å²) in [6, 6.07) is -0.445. The zero-order valence-corrected chi connectivity index (χ0v) is 12.8. The quantitative estimate of drug-likeness (QED) is 0.534. The first-order chi connectivity index (χ1) is 8.69. The third-order valence-corrected chi connectivity index (χ3v) is 4.21. The standard InChI is InChI=1S/C12H16BrNO5/c1-12(2,3)19-11(17)14-8-5(7(13)9(14)15)6(8)10(16)18-4/h5-8H,1-4H3/t5-,6-,7-,8+/m1/s1. The number of alkyl halides is 1. The SMILES string of the molecule is COC(=O)[C@@H]1[C@H]2[C@@H]1N(C(=O)OC(C)(C)C)C(=O)[C@@H]2Br. The highest BCUT2D eigenvalue weighted by Gasteiger charge is 2.71. The number of imide groups is 1. The number of carbonyl (C=O) groups is 3. The largest absolute Gasteiger partial charge is 0.469 e. The second kappa shape index (κ2) is 4.47. The minimum absolute atomic E-state index is 0.215. The van der Waals surface area contributed by atoms with Crippen molar-refractivity contribution in [2.45, 2.75) is 37.2 Å². The van der Waals surface area contributed by atoms with Crippen molar-refractivity contribution in [1.82, 2.24) is 4.90 Å². The fourth-order valence-corrected chi connectivity index (χ4v) is 3.27. The summed E-state index contributed by atoms with van der Waals surface area (Å²) in [6.07, 6.45) is -0.708. The number of nitrogens with zero attached hydrogens (tertiary/aromatic N) is 1. The number of amides is 2. The molecule has 0 aromatic rings. The number of carbonyl (C=O) groups excluding carboxylic acids is 3. The van der Waals surface area contributed by atoms with E-state index in [-0.39, 0.29) is 11.8 Å². The Hall–Kier alpha value is -1.11. The molecule has 0 spiro atoms. The lowest BCUT2D eigenvalue weighted by molar-refractivity contribution is -0.143. The molecule has 1 aliphatic carbocycles. The second-order valence-corrected chi connectivity index (χ2v) is 6.69. The third kappa shape index (κ3) is 2.35. The normalized spacial score (nSPS) is 32.9. The first-order valence-corrected chi connectivity index (χ1v) is 6.88. The first kappa shape index (κ1) is 14.3. The highest BCUT2D eigenvalue weighted by Crippen LogP contribution is 2.54. The molecule has 2 aliphatic rings. The molecular weight excluding hydrogens is 318 g/mol. The van der Waals surface area contributed by atoms with Crippen molar-refractivity contribution in [3.05, 3.63) is 0 Å². The van der Waals surface area contributed by atoms with E-state index >= 15 is 0 Å². The Morgan fingerprint density at radius 3 is 2.37 bits per heavy atom. The maximum Gasteiger partial charge on any atom is 0.417 e. The van der Waals surface area contributed by atoms with Crippen molar-refractivity contribution >= 4 is 33.9 Å². The molecule has 0 aromatic heterocycles. The van der Waals surface area contributed by atoms with Crippen LogP contribution in [0.1, 0.15) is 20.8 Å². The first-order valence-electron chi connectivity index (χ1n) is 5.97. The zero-order valence-electron chi connectivity index (χ0n) is 11.2. The number of piperidine rings is 1. The molecule has 1 heterocycles. The zero-order chi connectivity index (χ0) is 14.5. The van der Waals surface area contributed by atoms with Gasteiger partial charge < -0.3 is 9.47 Å². The number of methoxy groups -OCH3 is 1. The number of likely N-dealkylation sites (tertiary alicyclic amines) is 1. The number of esters is 1. The van der Waals surface area contributed by atoms with Gasteiger partial charge in [-0.1, -0.05) is 15.9 Å². The lowest BCUT2D eigenvalue weighted by Crippen LogP contribution is -2.43. The molecular formula is C12H16BrNO5. The summed E-state index contributed by atoms with van der Waals surface area (Å²) >= 11 is 3.23. The van der Waals surface area contributed by atoms with Gasteiger partial charge in [-0.3, -0.25) is 9.59 Å².